The van der Waals surface area contributed by atoms with Gasteiger partial charge in [0.05, 0.1) is 33.6 Å². The zero-order valence-corrected chi connectivity index (χ0v) is 17.5. The first-order valence-electron chi connectivity index (χ1n) is 10.1. The van der Waals surface area contributed by atoms with E-state index in [1.165, 1.54) is 0 Å². The average molecular weight is 416 g/mol. The van der Waals surface area contributed by atoms with E-state index in [9.17, 15) is 4.79 Å². The quantitative estimate of drug-likeness (QED) is 0.721. The smallest absolute Gasteiger partial charge is 0.241 e. The Labute approximate surface area is 175 Å². The number of carbonyl (C=O) groups excluding carboxylic acids is 1. The molecule has 2 unspecified atom stereocenters. The fourth-order valence-corrected chi connectivity index (χ4v) is 4.22. The van der Waals surface area contributed by atoms with Gasteiger partial charge in [-0.25, -0.2) is 15.5 Å². The van der Waals surface area contributed by atoms with Crippen molar-refractivity contribution in [3.05, 3.63) is 30.1 Å². The summed E-state index contributed by atoms with van der Waals surface area (Å²) in [5.74, 6) is 1.87. The Morgan fingerprint density at radius 1 is 1.07 bits per heavy atom. The normalized spacial score (nSPS) is 22.2. The standard InChI is InChI=1S/C20H28N6O4/c1-28-17-10-13(11-18(29-2)19(17)30-3)15-12-16(23-22-15)20(27)25-7-4-14(5-8-25)26-9-6-21-24-26/h6,9-11,14-16,22-23H,4-5,7-8,12H2,1-3H3. The molecule has 3 heterocycles. The maximum absolute atomic E-state index is 13.0. The van der Waals surface area contributed by atoms with Crippen LogP contribution in [-0.2, 0) is 4.79 Å². The Bertz CT molecular complexity index is 841. The summed E-state index contributed by atoms with van der Waals surface area (Å²) >= 11 is 0. The zero-order valence-electron chi connectivity index (χ0n) is 17.5. The van der Waals surface area contributed by atoms with Gasteiger partial charge in [0.15, 0.2) is 11.5 Å². The van der Waals surface area contributed by atoms with Crippen LogP contribution in [0.3, 0.4) is 0 Å². The van der Waals surface area contributed by atoms with E-state index in [1.54, 1.807) is 27.5 Å². The van der Waals surface area contributed by atoms with E-state index >= 15 is 0 Å². The van der Waals surface area contributed by atoms with Crippen LogP contribution in [-0.4, -0.2) is 66.3 Å². The third-order valence-electron chi connectivity index (χ3n) is 5.88. The number of hydrogen-bond acceptors (Lipinski definition) is 8. The zero-order chi connectivity index (χ0) is 21.1. The number of likely N-dealkylation sites (tertiary alicyclic amines) is 1. The van der Waals surface area contributed by atoms with Crippen LogP contribution in [0.2, 0.25) is 0 Å². The van der Waals surface area contributed by atoms with Gasteiger partial charge in [-0.15, -0.1) is 5.10 Å². The van der Waals surface area contributed by atoms with Gasteiger partial charge in [-0.05, 0) is 37.0 Å². The van der Waals surface area contributed by atoms with E-state index < -0.39 is 0 Å². The molecule has 4 rings (SSSR count). The van der Waals surface area contributed by atoms with Crippen LogP contribution in [0.1, 0.15) is 36.9 Å². The molecule has 0 radical (unpaired) electrons. The van der Waals surface area contributed by atoms with E-state index in [1.807, 2.05) is 27.9 Å². The Morgan fingerprint density at radius 3 is 2.33 bits per heavy atom. The molecule has 2 N–H and O–H groups in total. The van der Waals surface area contributed by atoms with Gasteiger partial charge in [0.2, 0.25) is 11.7 Å². The van der Waals surface area contributed by atoms with Crippen LogP contribution in [0.15, 0.2) is 24.5 Å². The van der Waals surface area contributed by atoms with Gasteiger partial charge >= 0.3 is 0 Å². The first-order chi connectivity index (χ1) is 14.6. The molecule has 0 aliphatic carbocycles. The highest BCUT2D eigenvalue weighted by Crippen LogP contribution is 2.40. The molecule has 0 bridgehead atoms. The second-order valence-corrected chi connectivity index (χ2v) is 7.53. The number of aromatic nitrogens is 3. The minimum atomic E-state index is -0.281. The number of amides is 1. The number of ether oxygens (including phenoxy) is 3. The molecule has 0 spiro atoms. The summed E-state index contributed by atoms with van der Waals surface area (Å²) < 4.78 is 18.2. The summed E-state index contributed by atoms with van der Waals surface area (Å²) in [6.07, 6.45) is 5.97. The molecular weight excluding hydrogens is 388 g/mol. The van der Waals surface area contributed by atoms with Crippen molar-refractivity contribution in [1.82, 2.24) is 30.7 Å². The molecular formula is C20H28N6O4. The van der Waals surface area contributed by atoms with Crippen LogP contribution in [0.25, 0.3) is 0 Å². The number of piperidine rings is 1. The van der Waals surface area contributed by atoms with Crippen molar-refractivity contribution < 1.29 is 19.0 Å². The summed E-state index contributed by atoms with van der Waals surface area (Å²) in [5.41, 5.74) is 7.37. The van der Waals surface area contributed by atoms with Crippen molar-refractivity contribution in [2.45, 2.75) is 37.4 Å². The van der Waals surface area contributed by atoms with Crippen molar-refractivity contribution in [1.29, 1.82) is 0 Å². The molecule has 2 atom stereocenters. The number of hydrazine groups is 1. The predicted molar refractivity (Wildman–Crippen MR) is 108 cm³/mol. The van der Waals surface area contributed by atoms with E-state index in [0.717, 1.165) is 31.5 Å². The SMILES string of the molecule is COc1cc(C2CC(C(=O)N3CCC(n4ccnn4)CC3)NN2)cc(OC)c1OC. The minimum Gasteiger partial charge on any atom is -0.493 e. The number of nitrogens with one attached hydrogen (secondary N) is 2. The van der Waals surface area contributed by atoms with E-state index in [2.05, 4.69) is 21.2 Å². The molecule has 2 aromatic rings. The first-order valence-corrected chi connectivity index (χ1v) is 10.1. The van der Waals surface area contributed by atoms with Crippen molar-refractivity contribution in [3.8, 4) is 17.2 Å². The van der Waals surface area contributed by atoms with E-state index in [-0.39, 0.29) is 18.0 Å². The third-order valence-corrected chi connectivity index (χ3v) is 5.88. The number of carbonyl (C=O) groups is 1. The van der Waals surface area contributed by atoms with Crippen LogP contribution in [0.4, 0.5) is 0 Å². The van der Waals surface area contributed by atoms with Gasteiger partial charge in [0.1, 0.15) is 6.04 Å². The van der Waals surface area contributed by atoms with Gasteiger partial charge in [-0.1, -0.05) is 5.21 Å². The molecule has 162 valence electrons. The van der Waals surface area contributed by atoms with Gasteiger partial charge in [0.25, 0.3) is 0 Å². The Kier molecular flexibility index (Phi) is 6.05. The number of rotatable bonds is 6. The minimum absolute atomic E-state index is 0.0413. The van der Waals surface area contributed by atoms with Crippen molar-refractivity contribution in [2.24, 2.45) is 0 Å². The summed E-state index contributed by atoms with van der Waals surface area (Å²) in [6.45, 7) is 1.44. The molecule has 2 saturated heterocycles. The lowest BCUT2D eigenvalue weighted by atomic mass is 9.99. The van der Waals surface area contributed by atoms with Crippen LogP contribution < -0.4 is 25.1 Å². The van der Waals surface area contributed by atoms with Gasteiger partial charge < -0.3 is 19.1 Å². The second-order valence-electron chi connectivity index (χ2n) is 7.53. The lowest BCUT2D eigenvalue weighted by molar-refractivity contribution is -0.134. The monoisotopic (exact) mass is 416 g/mol. The fourth-order valence-electron chi connectivity index (χ4n) is 4.22. The first kappa shape index (κ1) is 20.4. The Balaban J connectivity index is 1.39. The molecule has 2 fully saturated rings. The Morgan fingerprint density at radius 2 is 1.77 bits per heavy atom. The molecule has 10 heteroatoms. The van der Waals surface area contributed by atoms with Crippen molar-refractivity contribution in [3.63, 3.8) is 0 Å². The van der Waals surface area contributed by atoms with Crippen LogP contribution >= 0.6 is 0 Å². The maximum atomic E-state index is 13.0. The highest BCUT2D eigenvalue weighted by atomic mass is 16.5. The molecule has 10 nitrogen and oxygen atoms in total. The summed E-state index contributed by atoms with van der Waals surface area (Å²) in [4.78, 5) is 15.0. The number of benzene rings is 1. The number of nitrogens with zero attached hydrogens (tertiary/aromatic N) is 4. The molecule has 0 saturated carbocycles. The predicted octanol–water partition coefficient (Wildman–Crippen LogP) is 1.08. The van der Waals surface area contributed by atoms with Crippen molar-refractivity contribution in [2.75, 3.05) is 34.4 Å². The number of hydrogen-bond donors (Lipinski definition) is 2. The Hall–Kier alpha value is -2.85. The molecule has 2 aliphatic heterocycles. The lowest BCUT2D eigenvalue weighted by Gasteiger charge is -2.33. The summed E-state index contributed by atoms with van der Waals surface area (Å²) in [7, 11) is 4.77. The summed E-state index contributed by atoms with van der Waals surface area (Å²) in [6, 6.07) is 3.81. The van der Waals surface area contributed by atoms with Gasteiger partial charge in [-0.3, -0.25) is 4.79 Å². The van der Waals surface area contributed by atoms with E-state index in [0.29, 0.717) is 29.7 Å². The molecule has 2 aliphatic rings. The highest BCUT2D eigenvalue weighted by Gasteiger charge is 2.35. The third kappa shape index (κ3) is 3.92. The second kappa shape index (κ2) is 8.88. The fraction of sp³-hybridized carbons (Fsp3) is 0.550. The molecule has 1 aromatic heterocycles. The highest BCUT2D eigenvalue weighted by molar-refractivity contribution is 5.82. The van der Waals surface area contributed by atoms with Crippen LogP contribution in [0, 0.1) is 0 Å². The largest absolute Gasteiger partial charge is 0.493 e. The van der Waals surface area contributed by atoms with E-state index in [4.69, 9.17) is 14.2 Å². The van der Waals surface area contributed by atoms with Crippen molar-refractivity contribution >= 4 is 5.91 Å². The molecule has 30 heavy (non-hydrogen) atoms. The molecule has 1 amide bonds. The van der Waals surface area contributed by atoms with Gasteiger partial charge in [-0.2, -0.15) is 0 Å². The topological polar surface area (TPSA) is 103 Å². The van der Waals surface area contributed by atoms with Crippen LogP contribution in [0.5, 0.6) is 17.2 Å². The molecule has 1 aromatic carbocycles. The number of methoxy groups -OCH3 is 3. The maximum Gasteiger partial charge on any atom is 0.241 e. The average Bonchev–Trinajstić information content (AvgIpc) is 3.50. The lowest BCUT2D eigenvalue weighted by Crippen LogP contribution is -2.48. The van der Waals surface area contributed by atoms with Gasteiger partial charge in [0, 0.05) is 25.3 Å². The summed E-state index contributed by atoms with van der Waals surface area (Å²) in [5, 5.41) is 7.96.